The Morgan fingerprint density at radius 1 is 1.44 bits per heavy atom. The second-order valence-corrected chi connectivity index (χ2v) is 4.72. The monoisotopic (exact) mass is 253 g/mol. The van der Waals surface area contributed by atoms with E-state index in [-0.39, 0.29) is 16.7 Å². The minimum Gasteiger partial charge on any atom is -0.391 e. The van der Waals surface area contributed by atoms with E-state index in [9.17, 15) is 15.2 Å². The summed E-state index contributed by atoms with van der Waals surface area (Å²) in [6.45, 7) is 3.76. The van der Waals surface area contributed by atoms with E-state index in [4.69, 9.17) is 0 Å². The molecule has 1 aliphatic carbocycles. The van der Waals surface area contributed by atoms with Gasteiger partial charge in [0.2, 0.25) is 0 Å². The molecule has 6 heteroatoms. The van der Waals surface area contributed by atoms with Gasteiger partial charge in [-0.25, -0.2) is 0 Å². The van der Waals surface area contributed by atoms with Crippen LogP contribution in [-0.4, -0.2) is 25.9 Å². The largest absolute Gasteiger partial charge is 0.391 e. The van der Waals surface area contributed by atoms with Crippen molar-refractivity contribution in [3.05, 3.63) is 21.5 Å². The molecule has 18 heavy (non-hydrogen) atoms. The maximum Gasteiger partial charge on any atom is 0.313 e. The first-order valence-corrected chi connectivity index (χ1v) is 6.52. The van der Waals surface area contributed by atoms with Crippen LogP contribution in [0.4, 0.5) is 5.69 Å². The average molecular weight is 253 g/mol. The Morgan fingerprint density at radius 2 is 2.17 bits per heavy atom. The normalized spacial score (nSPS) is 23.5. The molecule has 0 unspecified atom stereocenters. The second kappa shape index (κ2) is 5.06. The molecule has 1 aromatic rings. The molecule has 1 fully saturated rings. The van der Waals surface area contributed by atoms with Crippen molar-refractivity contribution in [3.8, 4) is 0 Å². The fourth-order valence-electron chi connectivity index (χ4n) is 2.77. The van der Waals surface area contributed by atoms with Crippen molar-refractivity contribution in [1.82, 2.24) is 9.78 Å². The third-order valence-electron chi connectivity index (χ3n) is 3.66. The fraction of sp³-hybridized carbons (Fsp3) is 0.750. The number of nitro groups is 1. The van der Waals surface area contributed by atoms with Crippen LogP contribution in [0.5, 0.6) is 0 Å². The lowest BCUT2D eigenvalue weighted by Crippen LogP contribution is -2.21. The average Bonchev–Trinajstić information content (AvgIpc) is 2.91. The molecule has 0 radical (unpaired) electrons. The molecule has 2 rings (SSSR count). The number of aromatic nitrogens is 2. The van der Waals surface area contributed by atoms with Gasteiger partial charge in [0.15, 0.2) is 0 Å². The van der Waals surface area contributed by atoms with E-state index >= 15 is 0 Å². The molecular formula is C12H19N3O3. The smallest absolute Gasteiger partial charge is 0.313 e. The van der Waals surface area contributed by atoms with Crippen molar-refractivity contribution in [2.24, 2.45) is 0 Å². The molecule has 0 amide bonds. The van der Waals surface area contributed by atoms with Crippen LogP contribution in [0.1, 0.15) is 50.5 Å². The SMILES string of the molecule is CCc1nn([C@@H]2CCC[C@H]2O)c(CC)c1[N+](=O)[O-]. The second-order valence-electron chi connectivity index (χ2n) is 4.72. The minimum absolute atomic E-state index is 0.0982. The van der Waals surface area contributed by atoms with E-state index in [0.717, 1.165) is 19.3 Å². The molecule has 1 aliphatic rings. The van der Waals surface area contributed by atoms with E-state index in [1.807, 2.05) is 13.8 Å². The number of aliphatic hydroxyl groups excluding tert-OH is 1. The van der Waals surface area contributed by atoms with Gasteiger partial charge < -0.3 is 5.11 Å². The summed E-state index contributed by atoms with van der Waals surface area (Å²) in [5, 5.41) is 25.5. The van der Waals surface area contributed by atoms with Gasteiger partial charge in [-0.3, -0.25) is 14.8 Å². The zero-order valence-corrected chi connectivity index (χ0v) is 10.8. The Hall–Kier alpha value is -1.43. The van der Waals surface area contributed by atoms with Crippen LogP contribution in [0.25, 0.3) is 0 Å². The van der Waals surface area contributed by atoms with E-state index in [0.29, 0.717) is 24.2 Å². The van der Waals surface area contributed by atoms with Gasteiger partial charge in [0.25, 0.3) is 0 Å². The van der Waals surface area contributed by atoms with Crippen LogP contribution in [-0.2, 0) is 12.8 Å². The highest BCUT2D eigenvalue weighted by atomic mass is 16.6. The molecule has 1 saturated carbocycles. The van der Waals surface area contributed by atoms with Crippen LogP contribution in [0.15, 0.2) is 0 Å². The van der Waals surface area contributed by atoms with E-state index in [2.05, 4.69) is 5.10 Å². The van der Waals surface area contributed by atoms with Gasteiger partial charge in [0.1, 0.15) is 11.4 Å². The fourth-order valence-corrected chi connectivity index (χ4v) is 2.77. The van der Waals surface area contributed by atoms with Crippen molar-refractivity contribution >= 4 is 5.69 Å². The zero-order valence-electron chi connectivity index (χ0n) is 10.8. The molecule has 0 spiro atoms. The number of hydrogen-bond donors (Lipinski definition) is 1. The topological polar surface area (TPSA) is 81.2 Å². The van der Waals surface area contributed by atoms with Crippen molar-refractivity contribution in [3.63, 3.8) is 0 Å². The lowest BCUT2D eigenvalue weighted by molar-refractivity contribution is -0.386. The summed E-state index contributed by atoms with van der Waals surface area (Å²) in [5.41, 5.74) is 1.30. The molecular weight excluding hydrogens is 234 g/mol. The maximum absolute atomic E-state index is 11.2. The van der Waals surface area contributed by atoms with Gasteiger partial charge in [-0.2, -0.15) is 5.10 Å². The van der Waals surface area contributed by atoms with E-state index < -0.39 is 6.10 Å². The molecule has 6 nitrogen and oxygen atoms in total. The summed E-state index contributed by atoms with van der Waals surface area (Å²) in [4.78, 5) is 10.8. The van der Waals surface area contributed by atoms with Gasteiger partial charge in [-0.05, 0) is 32.1 Å². The van der Waals surface area contributed by atoms with Crippen molar-refractivity contribution in [1.29, 1.82) is 0 Å². The molecule has 0 bridgehead atoms. The number of aliphatic hydroxyl groups is 1. The summed E-state index contributed by atoms with van der Waals surface area (Å²) in [5.74, 6) is 0. The maximum atomic E-state index is 11.2. The predicted molar refractivity (Wildman–Crippen MR) is 66.5 cm³/mol. The Kier molecular flexibility index (Phi) is 3.65. The Morgan fingerprint density at radius 3 is 2.61 bits per heavy atom. The van der Waals surface area contributed by atoms with Crippen LogP contribution >= 0.6 is 0 Å². The van der Waals surface area contributed by atoms with Crippen LogP contribution in [0, 0.1) is 10.1 Å². The summed E-state index contributed by atoms with van der Waals surface area (Å²) in [6, 6.07) is -0.0982. The Balaban J connectivity index is 2.50. The van der Waals surface area contributed by atoms with Crippen LogP contribution in [0.2, 0.25) is 0 Å². The first-order valence-electron chi connectivity index (χ1n) is 6.52. The van der Waals surface area contributed by atoms with Crippen molar-refractivity contribution in [2.45, 2.75) is 58.1 Å². The molecule has 1 heterocycles. The lowest BCUT2D eigenvalue weighted by atomic mass is 10.2. The van der Waals surface area contributed by atoms with Crippen molar-refractivity contribution < 1.29 is 10.0 Å². The highest BCUT2D eigenvalue weighted by molar-refractivity contribution is 5.41. The number of aryl methyl sites for hydroxylation is 1. The summed E-state index contributed by atoms with van der Waals surface area (Å²) in [7, 11) is 0. The predicted octanol–water partition coefficient (Wildman–Crippen LogP) is 2.00. The molecule has 1 N–H and O–H groups in total. The van der Waals surface area contributed by atoms with Crippen LogP contribution in [0.3, 0.4) is 0 Å². The van der Waals surface area contributed by atoms with E-state index in [1.54, 1.807) is 4.68 Å². The number of rotatable bonds is 4. The minimum atomic E-state index is -0.431. The van der Waals surface area contributed by atoms with Gasteiger partial charge in [-0.1, -0.05) is 13.8 Å². The zero-order chi connectivity index (χ0) is 13.3. The Bertz CT molecular complexity index is 456. The van der Waals surface area contributed by atoms with Gasteiger partial charge >= 0.3 is 5.69 Å². The third kappa shape index (κ3) is 2.01. The Labute approximate surface area is 106 Å². The summed E-state index contributed by atoms with van der Waals surface area (Å²) < 4.78 is 1.70. The molecule has 100 valence electrons. The number of hydrogen-bond acceptors (Lipinski definition) is 4. The molecule has 0 saturated heterocycles. The molecule has 0 aliphatic heterocycles. The van der Waals surface area contributed by atoms with Crippen molar-refractivity contribution in [2.75, 3.05) is 0 Å². The summed E-state index contributed by atoms with van der Waals surface area (Å²) in [6.07, 6.45) is 3.22. The summed E-state index contributed by atoms with van der Waals surface area (Å²) >= 11 is 0. The number of nitrogens with zero attached hydrogens (tertiary/aromatic N) is 3. The molecule has 1 aromatic heterocycles. The van der Waals surface area contributed by atoms with E-state index in [1.165, 1.54) is 0 Å². The third-order valence-corrected chi connectivity index (χ3v) is 3.66. The van der Waals surface area contributed by atoms with Gasteiger partial charge in [0.05, 0.1) is 17.1 Å². The highest BCUT2D eigenvalue weighted by Crippen LogP contribution is 2.34. The lowest BCUT2D eigenvalue weighted by Gasteiger charge is -2.17. The van der Waals surface area contributed by atoms with Crippen LogP contribution < -0.4 is 0 Å². The highest BCUT2D eigenvalue weighted by Gasteiger charge is 2.34. The first-order chi connectivity index (χ1) is 8.60. The van der Waals surface area contributed by atoms with Gasteiger partial charge in [0, 0.05) is 0 Å². The standard InChI is InChI=1S/C12H19N3O3/c1-3-8-12(15(17)18)9(4-2)14(13-8)10-6-5-7-11(10)16/h10-11,16H,3-7H2,1-2H3/t10-,11-/m1/s1. The quantitative estimate of drug-likeness (QED) is 0.657. The molecule has 2 atom stereocenters. The first kappa shape index (κ1) is 13.0. The van der Waals surface area contributed by atoms with Gasteiger partial charge in [-0.15, -0.1) is 0 Å². The molecule has 0 aromatic carbocycles.